The van der Waals surface area contributed by atoms with Gasteiger partial charge in [-0.3, -0.25) is 14.4 Å². The number of rotatable bonds is 1. The maximum Gasteiger partial charge on any atom is 0.205 e. The molecule has 0 aromatic heterocycles. The van der Waals surface area contributed by atoms with Gasteiger partial charge in [-0.25, -0.2) is 0 Å². The van der Waals surface area contributed by atoms with Crippen LogP contribution in [0.25, 0.3) is 0 Å². The Morgan fingerprint density at radius 2 is 1.68 bits per heavy atom. The molecule has 0 aromatic carbocycles. The Hall–Kier alpha value is -0.990. The molecule has 3 rings (SSSR count). The lowest BCUT2D eigenvalue weighted by Crippen LogP contribution is -2.57. The Bertz CT molecular complexity index is 551. The van der Waals surface area contributed by atoms with E-state index in [0.717, 1.165) is 25.7 Å². The zero-order chi connectivity index (χ0) is 16.3. The van der Waals surface area contributed by atoms with Gasteiger partial charge in [0.05, 0.1) is 0 Å². The second-order valence-electron chi connectivity index (χ2n) is 8.57. The Balaban J connectivity index is 2.17. The first-order chi connectivity index (χ1) is 10.2. The average Bonchev–Trinajstić information content (AvgIpc) is 2.86. The van der Waals surface area contributed by atoms with Gasteiger partial charge in [0, 0.05) is 23.2 Å². The lowest BCUT2D eigenvalue weighted by atomic mass is 9.47. The highest BCUT2D eigenvalue weighted by Crippen LogP contribution is 2.64. The van der Waals surface area contributed by atoms with Crippen molar-refractivity contribution in [2.45, 2.75) is 72.6 Å². The molecule has 0 spiro atoms. The van der Waals surface area contributed by atoms with Crippen LogP contribution in [0.4, 0.5) is 0 Å². The fraction of sp³-hybridized carbons (Fsp3) is 0.842. The summed E-state index contributed by atoms with van der Waals surface area (Å²) in [5.41, 5.74) is -1.34. The zero-order valence-corrected chi connectivity index (χ0v) is 14.3. The first kappa shape index (κ1) is 15.9. The van der Waals surface area contributed by atoms with Gasteiger partial charge in [0.25, 0.3) is 0 Å². The van der Waals surface area contributed by atoms with E-state index >= 15 is 0 Å². The minimum absolute atomic E-state index is 0.126. The van der Waals surface area contributed by atoms with Gasteiger partial charge in [0.1, 0.15) is 5.78 Å². The predicted molar refractivity (Wildman–Crippen MR) is 84.3 cm³/mol. The Morgan fingerprint density at radius 1 is 1.00 bits per heavy atom. The lowest BCUT2D eigenvalue weighted by molar-refractivity contribution is -0.163. The molecule has 3 saturated carbocycles. The van der Waals surface area contributed by atoms with E-state index in [-0.39, 0.29) is 28.7 Å². The molecule has 122 valence electrons. The molecule has 0 amide bonds. The van der Waals surface area contributed by atoms with Crippen molar-refractivity contribution >= 4 is 17.3 Å². The summed E-state index contributed by atoms with van der Waals surface area (Å²) in [6.45, 7) is 8.39. The molecule has 3 fully saturated rings. The Morgan fingerprint density at radius 3 is 2.32 bits per heavy atom. The van der Waals surface area contributed by atoms with Crippen LogP contribution >= 0.6 is 0 Å². The third-order valence-corrected chi connectivity index (χ3v) is 7.70. The summed E-state index contributed by atoms with van der Waals surface area (Å²) in [7, 11) is 0. The largest absolute Gasteiger partial charge is 0.299 e. The lowest BCUT2D eigenvalue weighted by Gasteiger charge is -2.55. The van der Waals surface area contributed by atoms with Crippen LogP contribution in [-0.2, 0) is 14.4 Å². The quantitative estimate of drug-likeness (QED) is 0.693. The van der Waals surface area contributed by atoms with Crippen molar-refractivity contribution in [1.29, 1.82) is 0 Å². The number of Topliss-reactive ketones (excluding diaryl/α,β-unsaturated/α-hetero) is 3. The highest BCUT2D eigenvalue weighted by molar-refractivity contribution is 6.41. The van der Waals surface area contributed by atoms with E-state index < -0.39 is 10.8 Å². The fourth-order valence-corrected chi connectivity index (χ4v) is 5.54. The predicted octanol–water partition coefficient (Wildman–Crippen LogP) is 3.74. The standard InChI is InChI=1S/C19H28O3/c1-5-17(3)10-11-18(4)12(2)6-8-19(16(22)15(17)21)9-7-13(20)14(18)19/h12,14H,5-11H2,1-4H3/t12-,14+,17-,18-,19-/m1/s1. The highest BCUT2D eigenvalue weighted by Gasteiger charge is 2.66. The van der Waals surface area contributed by atoms with Crippen molar-refractivity contribution in [1.82, 2.24) is 0 Å². The van der Waals surface area contributed by atoms with Crippen LogP contribution in [0, 0.1) is 28.1 Å². The molecule has 0 aliphatic heterocycles. The van der Waals surface area contributed by atoms with Gasteiger partial charge in [-0.15, -0.1) is 0 Å². The molecule has 22 heavy (non-hydrogen) atoms. The molecule has 0 N–H and O–H groups in total. The van der Waals surface area contributed by atoms with Gasteiger partial charge in [-0.2, -0.15) is 0 Å². The maximum atomic E-state index is 13.2. The molecule has 0 radical (unpaired) electrons. The molecule has 0 saturated heterocycles. The summed E-state index contributed by atoms with van der Waals surface area (Å²) in [5.74, 6) is 0.0310. The van der Waals surface area contributed by atoms with Crippen molar-refractivity contribution in [3.05, 3.63) is 0 Å². The number of carbonyl (C=O) groups excluding carboxylic acids is 3. The van der Waals surface area contributed by atoms with E-state index in [2.05, 4.69) is 13.8 Å². The minimum atomic E-state index is -0.674. The molecule has 0 heterocycles. The number of carbonyl (C=O) groups is 3. The summed E-state index contributed by atoms with van der Waals surface area (Å²) in [6.07, 6.45) is 5.09. The Labute approximate surface area is 133 Å². The van der Waals surface area contributed by atoms with Crippen LogP contribution in [0.1, 0.15) is 72.6 Å². The van der Waals surface area contributed by atoms with Crippen LogP contribution in [0.2, 0.25) is 0 Å². The Kier molecular flexibility index (Phi) is 3.43. The number of hydrogen-bond donors (Lipinski definition) is 0. The van der Waals surface area contributed by atoms with Crippen LogP contribution in [0.5, 0.6) is 0 Å². The van der Waals surface area contributed by atoms with E-state index in [4.69, 9.17) is 0 Å². The maximum absolute atomic E-state index is 13.2. The van der Waals surface area contributed by atoms with E-state index in [1.165, 1.54) is 0 Å². The van der Waals surface area contributed by atoms with Gasteiger partial charge in [-0.1, -0.05) is 27.7 Å². The smallest absolute Gasteiger partial charge is 0.205 e. The summed E-state index contributed by atoms with van der Waals surface area (Å²) in [4.78, 5) is 38.8. The van der Waals surface area contributed by atoms with E-state index in [9.17, 15) is 14.4 Å². The van der Waals surface area contributed by atoms with Crippen molar-refractivity contribution < 1.29 is 14.4 Å². The summed E-state index contributed by atoms with van der Waals surface area (Å²) in [6, 6.07) is 0. The number of ketones is 3. The molecular weight excluding hydrogens is 276 g/mol. The van der Waals surface area contributed by atoms with Crippen LogP contribution in [-0.4, -0.2) is 17.3 Å². The molecule has 3 nitrogen and oxygen atoms in total. The molecule has 0 unspecified atom stereocenters. The first-order valence-electron chi connectivity index (χ1n) is 8.83. The second-order valence-corrected chi connectivity index (χ2v) is 8.57. The van der Waals surface area contributed by atoms with Gasteiger partial charge in [-0.05, 0) is 49.9 Å². The van der Waals surface area contributed by atoms with Crippen molar-refractivity contribution in [2.75, 3.05) is 0 Å². The molecule has 5 atom stereocenters. The topological polar surface area (TPSA) is 51.2 Å². The fourth-order valence-electron chi connectivity index (χ4n) is 5.54. The SMILES string of the molecule is CC[C@]1(C)CC[C@]2(C)[C@H](C)CC[C@]3(CCC(=O)[C@H]32)C(=O)C1=O. The first-order valence-corrected chi connectivity index (χ1v) is 8.83. The van der Waals surface area contributed by atoms with E-state index in [0.29, 0.717) is 25.2 Å². The summed E-state index contributed by atoms with van der Waals surface area (Å²) >= 11 is 0. The minimum Gasteiger partial charge on any atom is -0.299 e. The van der Waals surface area contributed by atoms with Crippen LogP contribution < -0.4 is 0 Å². The molecular formula is C19H28O3. The van der Waals surface area contributed by atoms with Crippen LogP contribution in [0.15, 0.2) is 0 Å². The third-order valence-electron chi connectivity index (χ3n) is 7.70. The zero-order valence-electron chi connectivity index (χ0n) is 14.3. The van der Waals surface area contributed by atoms with Gasteiger partial charge < -0.3 is 0 Å². The average molecular weight is 304 g/mol. The van der Waals surface area contributed by atoms with Gasteiger partial charge in [0.15, 0.2) is 0 Å². The third kappa shape index (κ3) is 1.77. The van der Waals surface area contributed by atoms with E-state index in [1.807, 2.05) is 13.8 Å². The summed E-state index contributed by atoms with van der Waals surface area (Å²) in [5, 5.41) is 0. The van der Waals surface area contributed by atoms with Gasteiger partial charge in [0.2, 0.25) is 11.6 Å². The molecule has 3 aliphatic carbocycles. The number of hydrogen-bond acceptors (Lipinski definition) is 3. The van der Waals surface area contributed by atoms with Gasteiger partial charge >= 0.3 is 0 Å². The molecule has 3 heteroatoms. The molecule has 3 aliphatic rings. The molecule has 2 bridgehead atoms. The van der Waals surface area contributed by atoms with Crippen molar-refractivity contribution in [3.8, 4) is 0 Å². The summed E-state index contributed by atoms with van der Waals surface area (Å²) < 4.78 is 0. The van der Waals surface area contributed by atoms with Crippen LogP contribution in [0.3, 0.4) is 0 Å². The second kappa shape index (κ2) is 4.75. The monoisotopic (exact) mass is 304 g/mol. The van der Waals surface area contributed by atoms with E-state index in [1.54, 1.807) is 0 Å². The normalized spacial score (nSPS) is 48.8. The highest BCUT2D eigenvalue weighted by atomic mass is 16.2. The van der Waals surface area contributed by atoms with Crippen molar-refractivity contribution in [2.24, 2.45) is 28.1 Å². The van der Waals surface area contributed by atoms with Crippen molar-refractivity contribution in [3.63, 3.8) is 0 Å². The molecule has 0 aromatic rings.